The molecule has 0 atom stereocenters. The van der Waals surface area contributed by atoms with Crippen LogP contribution in [0.3, 0.4) is 0 Å². The number of hydrogen-bond donors (Lipinski definition) is 0. The van der Waals surface area contributed by atoms with Gasteiger partial charge in [-0.15, -0.1) is 0 Å². The molecule has 2 heteroatoms. The standard InChI is InChI=1S/C17H20FN/c1-11-6-16(19-10-12(11)2)13-7-14(17(3,4)5)9-15(18)8-13/h6-10H,1-5H3/i1D3,2D3. The van der Waals surface area contributed by atoms with Crippen LogP contribution in [0.1, 0.15) is 45.7 Å². The van der Waals surface area contributed by atoms with Crippen LogP contribution in [0.15, 0.2) is 30.5 Å². The molecule has 0 unspecified atom stereocenters. The van der Waals surface area contributed by atoms with E-state index < -0.39 is 19.5 Å². The first-order valence-corrected chi connectivity index (χ1v) is 6.02. The Kier molecular flexibility index (Phi) is 1.95. The molecule has 0 saturated carbocycles. The first-order valence-electron chi connectivity index (χ1n) is 9.02. The van der Waals surface area contributed by atoms with Crippen molar-refractivity contribution in [2.45, 2.75) is 39.9 Å². The molecule has 0 spiro atoms. The van der Waals surface area contributed by atoms with Gasteiger partial charge in [-0.1, -0.05) is 20.8 Å². The van der Waals surface area contributed by atoms with Crippen LogP contribution < -0.4 is 0 Å². The first-order chi connectivity index (χ1) is 11.2. The van der Waals surface area contributed by atoms with Crippen LogP contribution in [-0.4, -0.2) is 4.98 Å². The van der Waals surface area contributed by atoms with E-state index in [0.29, 0.717) is 5.56 Å². The monoisotopic (exact) mass is 263 g/mol. The molecule has 2 rings (SSSR count). The van der Waals surface area contributed by atoms with E-state index >= 15 is 0 Å². The van der Waals surface area contributed by atoms with Crippen molar-refractivity contribution in [2.75, 3.05) is 0 Å². The fraction of sp³-hybridized carbons (Fsp3) is 0.353. The van der Waals surface area contributed by atoms with Crippen LogP contribution in [-0.2, 0) is 5.41 Å². The lowest BCUT2D eigenvalue weighted by molar-refractivity contribution is 0.572. The zero-order chi connectivity index (χ0) is 19.2. The second-order valence-corrected chi connectivity index (χ2v) is 5.59. The lowest BCUT2D eigenvalue weighted by Gasteiger charge is -2.20. The van der Waals surface area contributed by atoms with Crippen molar-refractivity contribution in [3.63, 3.8) is 0 Å². The summed E-state index contributed by atoms with van der Waals surface area (Å²) < 4.78 is 59.4. The molecule has 1 aromatic carbocycles. The largest absolute Gasteiger partial charge is 0.256 e. The molecule has 0 radical (unpaired) electrons. The Labute approximate surface area is 122 Å². The topological polar surface area (TPSA) is 12.9 Å². The predicted octanol–water partition coefficient (Wildman–Crippen LogP) is 4.80. The number of rotatable bonds is 1. The quantitative estimate of drug-likeness (QED) is 0.720. The van der Waals surface area contributed by atoms with Crippen LogP contribution >= 0.6 is 0 Å². The Bertz CT molecular complexity index is 787. The van der Waals surface area contributed by atoms with Crippen molar-refractivity contribution >= 4 is 0 Å². The average Bonchev–Trinajstić information content (AvgIpc) is 2.43. The van der Waals surface area contributed by atoms with Crippen molar-refractivity contribution in [3.8, 4) is 11.3 Å². The zero-order valence-electron chi connectivity index (χ0n) is 17.2. The highest BCUT2D eigenvalue weighted by Gasteiger charge is 2.16. The van der Waals surface area contributed by atoms with E-state index in [1.807, 2.05) is 20.8 Å². The third kappa shape index (κ3) is 3.01. The van der Waals surface area contributed by atoms with E-state index in [1.165, 1.54) is 18.2 Å². The molecule has 100 valence electrons. The summed E-state index contributed by atoms with van der Waals surface area (Å²) in [5, 5.41) is 0. The highest BCUT2D eigenvalue weighted by molar-refractivity contribution is 5.61. The lowest BCUT2D eigenvalue weighted by atomic mass is 9.85. The highest BCUT2D eigenvalue weighted by atomic mass is 19.1. The van der Waals surface area contributed by atoms with Crippen molar-refractivity contribution in [2.24, 2.45) is 0 Å². The molecule has 0 bridgehead atoms. The van der Waals surface area contributed by atoms with E-state index in [-0.39, 0.29) is 22.2 Å². The minimum absolute atomic E-state index is 0.226. The van der Waals surface area contributed by atoms with E-state index in [2.05, 4.69) is 4.98 Å². The van der Waals surface area contributed by atoms with Gasteiger partial charge >= 0.3 is 0 Å². The molecule has 0 aliphatic carbocycles. The number of benzene rings is 1. The van der Waals surface area contributed by atoms with Crippen LogP contribution in [0.5, 0.6) is 0 Å². The number of nitrogens with zero attached hydrogens (tertiary/aromatic N) is 1. The molecular weight excluding hydrogens is 237 g/mol. The maximum Gasteiger partial charge on any atom is 0.124 e. The van der Waals surface area contributed by atoms with Gasteiger partial charge in [-0.3, -0.25) is 4.98 Å². The maximum atomic E-state index is 14.0. The molecule has 1 aromatic heterocycles. The first kappa shape index (κ1) is 7.78. The van der Waals surface area contributed by atoms with Gasteiger partial charge in [0.05, 0.1) is 5.69 Å². The summed E-state index contributed by atoms with van der Waals surface area (Å²) in [4.78, 5) is 4.08. The van der Waals surface area contributed by atoms with Crippen LogP contribution in [0, 0.1) is 19.5 Å². The molecule has 19 heavy (non-hydrogen) atoms. The van der Waals surface area contributed by atoms with Gasteiger partial charge in [-0.05, 0) is 60.1 Å². The summed E-state index contributed by atoms with van der Waals surface area (Å²) in [5.41, 5.74) is 0.460. The van der Waals surface area contributed by atoms with Crippen molar-refractivity contribution in [1.82, 2.24) is 4.98 Å². The molecule has 0 fully saturated rings. The van der Waals surface area contributed by atoms with Gasteiger partial charge < -0.3 is 0 Å². The molecule has 0 aliphatic rings. The van der Waals surface area contributed by atoms with Gasteiger partial charge in [0.2, 0.25) is 0 Å². The lowest BCUT2D eigenvalue weighted by Crippen LogP contribution is -2.11. The smallest absolute Gasteiger partial charge is 0.124 e. The summed E-state index contributed by atoms with van der Waals surface area (Å²) in [6, 6.07) is 5.64. The molecule has 1 heterocycles. The zero-order valence-corrected chi connectivity index (χ0v) is 11.2. The fourth-order valence-electron chi connectivity index (χ4n) is 1.78. The number of aryl methyl sites for hydroxylation is 2. The molecule has 0 saturated heterocycles. The Morgan fingerprint density at radius 3 is 2.42 bits per heavy atom. The molecule has 1 nitrogen and oxygen atoms in total. The summed E-state index contributed by atoms with van der Waals surface area (Å²) in [6.45, 7) is 0.606. The van der Waals surface area contributed by atoms with E-state index in [1.54, 1.807) is 6.07 Å². The molecule has 0 amide bonds. The molecular formula is C17H20FN. The Morgan fingerprint density at radius 2 is 1.79 bits per heavy atom. The average molecular weight is 263 g/mol. The van der Waals surface area contributed by atoms with Gasteiger partial charge in [0.25, 0.3) is 0 Å². The second-order valence-electron chi connectivity index (χ2n) is 5.59. The summed E-state index contributed by atoms with van der Waals surface area (Å²) >= 11 is 0. The van der Waals surface area contributed by atoms with Crippen LogP contribution in [0.2, 0.25) is 0 Å². The van der Waals surface area contributed by atoms with Crippen LogP contribution in [0.25, 0.3) is 11.3 Å². The van der Waals surface area contributed by atoms with Crippen LogP contribution in [0.4, 0.5) is 4.39 Å². The minimum atomic E-state index is -2.61. The Hall–Kier alpha value is -1.70. The van der Waals surface area contributed by atoms with Gasteiger partial charge in [0.1, 0.15) is 5.82 Å². The van der Waals surface area contributed by atoms with Crippen molar-refractivity contribution < 1.29 is 12.6 Å². The Balaban J connectivity index is 2.68. The number of halogens is 1. The van der Waals surface area contributed by atoms with E-state index in [9.17, 15) is 4.39 Å². The molecule has 2 aromatic rings. The summed E-state index contributed by atoms with van der Waals surface area (Å²) in [7, 11) is 0. The normalized spacial score (nSPS) is 17.7. The van der Waals surface area contributed by atoms with Gasteiger partial charge in [-0.25, -0.2) is 4.39 Å². The minimum Gasteiger partial charge on any atom is -0.256 e. The highest BCUT2D eigenvalue weighted by Crippen LogP contribution is 2.28. The Morgan fingerprint density at radius 1 is 1.05 bits per heavy atom. The van der Waals surface area contributed by atoms with Crippen molar-refractivity contribution in [1.29, 1.82) is 0 Å². The number of pyridine rings is 1. The van der Waals surface area contributed by atoms with Gasteiger partial charge in [-0.2, -0.15) is 0 Å². The maximum absolute atomic E-state index is 14.0. The summed E-state index contributed by atoms with van der Waals surface area (Å²) in [6.07, 6.45) is 1.05. The van der Waals surface area contributed by atoms with E-state index in [0.717, 1.165) is 11.8 Å². The fourth-order valence-corrected chi connectivity index (χ4v) is 1.78. The van der Waals surface area contributed by atoms with E-state index in [4.69, 9.17) is 8.22 Å². The van der Waals surface area contributed by atoms with Gasteiger partial charge in [0, 0.05) is 20.0 Å². The third-order valence-electron chi connectivity index (χ3n) is 2.96. The number of aromatic nitrogens is 1. The van der Waals surface area contributed by atoms with Crippen molar-refractivity contribution in [3.05, 3.63) is 53.0 Å². The van der Waals surface area contributed by atoms with Gasteiger partial charge in [0.15, 0.2) is 0 Å². The summed E-state index contributed by atoms with van der Waals surface area (Å²) in [5.74, 6) is -0.459. The SMILES string of the molecule is [2H]C([2H])([2H])c1cnc(-c2cc(F)cc(C(C)(C)C)c2)cc1C([2H])([2H])[2H]. The third-order valence-corrected chi connectivity index (χ3v) is 2.96. The molecule has 0 N–H and O–H groups in total. The second kappa shape index (κ2) is 4.76. The number of hydrogen-bond acceptors (Lipinski definition) is 1. The predicted molar refractivity (Wildman–Crippen MR) is 77.8 cm³/mol. The molecule has 0 aliphatic heterocycles.